The summed E-state index contributed by atoms with van der Waals surface area (Å²) in [6.45, 7) is 2.11. The van der Waals surface area contributed by atoms with Crippen LogP contribution in [-0.2, 0) is 6.54 Å². The molecule has 6 nitrogen and oxygen atoms in total. The van der Waals surface area contributed by atoms with E-state index < -0.39 is 6.10 Å². The van der Waals surface area contributed by atoms with E-state index in [1.165, 1.54) is 0 Å². The lowest BCUT2D eigenvalue weighted by molar-refractivity contribution is 0.194. The van der Waals surface area contributed by atoms with Crippen molar-refractivity contribution in [3.63, 3.8) is 0 Å². The lowest BCUT2D eigenvalue weighted by Crippen LogP contribution is -1.98. The van der Waals surface area contributed by atoms with Crippen LogP contribution in [0, 0.1) is 0 Å². The van der Waals surface area contributed by atoms with E-state index in [1.54, 1.807) is 30.1 Å². The van der Waals surface area contributed by atoms with Gasteiger partial charge in [0.25, 0.3) is 0 Å². The first-order valence-corrected chi connectivity index (χ1v) is 4.23. The van der Waals surface area contributed by atoms with Crippen LogP contribution in [0.4, 0.5) is 0 Å². The number of aromatic nitrogens is 4. The average molecular weight is 194 g/mol. The third-order valence-corrected chi connectivity index (χ3v) is 1.79. The van der Waals surface area contributed by atoms with Crippen molar-refractivity contribution in [2.75, 3.05) is 0 Å². The molecule has 0 aliphatic heterocycles. The molecule has 0 amide bonds. The Hall–Kier alpha value is -1.69. The molecule has 2 rings (SSSR count). The SMILES string of the molecule is CC(O)c1cn(Cc2ccno2)nn1. The van der Waals surface area contributed by atoms with Crippen LogP contribution in [0.2, 0.25) is 0 Å². The maximum absolute atomic E-state index is 9.21. The van der Waals surface area contributed by atoms with Crippen LogP contribution in [0.1, 0.15) is 24.5 Å². The van der Waals surface area contributed by atoms with E-state index in [-0.39, 0.29) is 0 Å². The van der Waals surface area contributed by atoms with Gasteiger partial charge in [-0.15, -0.1) is 5.10 Å². The summed E-state index contributed by atoms with van der Waals surface area (Å²) in [5.74, 6) is 0.701. The molecule has 74 valence electrons. The molecular formula is C8H10N4O2. The molecule has 0 aliphatic carbocycles. The zero-order valence-electron chi connectivity index (χ0n) is 7.66. The van der Waals surface area contributed by atoms with Gasteiger partial charge >= 0.3 is 0 Å². The van der Waals surface area contributed by atoms with Crippen LogP contribution in [0.5, 0.6) is 0 Å². The Morgan fingerprint density at radius 3 is 3.07 bits per heavy atom. The van der Waals surface area contributed by atoms with Crippen molar-refractivity contribution < 1.29 is 9.63 Å². The van der Waals surface area contributed by atoms with E-state index in [0.717, 1.165) is 0 Å². The second-order valence-corrected chi connectivity index (χ2v) is 3.00. The van der Waals surface area contributed by atoms with Crippen molar-refractivity contribution in [2.45, 2.75) is 19.6 Å². The van der Waals surface area contributed by atoms with Crippen molar-refractivity contribution in [2.24, 2.45) is 0 Å². The van der Waals surface area contributed by atoms with Gasteiger partial charge in [-0.1, -0.05) is 10.4 Å². The molecule has 0 aliphatic rings. The molecule has 2 heterocycles. The van der Waals surface area contributed by atoms with E-state index in [0.29, 0.717) is 18.0 Å². The van der Waals surface area contributed by atoms with Gasteiger partial charge in [-0.3, -0.25) is 0 Å². The monoisotopic (exact) mass is 194 g/mol. The molecule has 6 heteroatoms. The van der Waals surface area contributed by atoms with Crippen molar-refractivity contribution in [1.29, 1.82) is 0 Å². The summed E-state index contributed by atoms with van der Waals surface area (Å²) in [6, 6.07) is 1.75. The van der Waals surface area contributed by atoms with Gasteiger partial charge in [0, 0.05) is 6.07 Å². The molecule has 0 bridgehead atoms. The minimum atomic E-state index is -0.599. The second-order valence-electron chi connectivity index (χ2n) is 3.00. The van der Waals surface area contributed by atoms with Crippen molar-refractivity contribution in [3.05, 3.63) is 29.9 Å². The molecule has 0 saturated heterocycles. The fourth-order valence-corrected chi connectivity index (χ4v) is 1.07. The molecule has 2 aromatic heterocycles. The fourth-order valence-electron chi connectivity index (χ4n) is 1.07. The smallest absolute Gasteiger partial charge is 0.158 e. The van der Waals surface area contributed by atoms with Crippen LogP contribution in [0.3, 0.4) is 0 Å². The lowest BCUT2D eigenvalue weighted by atomic mass is 10.3. The Kier molecular flexibility index (Phi) is 2.28. The van der Waals surface area contributed by atoms with E-state index in [4.69, 9.17) is 4.52 Å². The van der Waals surface area contributed by atoms with E-state index >= 15 is 0 Å². The molecule has 0 aromatic carbocycles. The van der Waals surface area contributed by atoms with E-state index in [9.17, 15) is 5.11 Å². The van der Waals surface area contributed by atoms with Crippen LogP contribution in [-0.4, -0.2) is 25.3 Å². The maximum Gasteiger partial charge on any atom is 0.158 e. The lowest BCUT2D eigenvalue weighted by Gasteiger charge is -1.95. The molecule has 0 fully saturated rings. The largest absolute Gasteiger partial charge is 0.387 e. The van der Waals surface area contributed by atoms with E-state index in [2.05, 4.69) is 15.5 Å². The quantitative estimate of drug-likeness (QED) is 0.763. The van der Waals surface area contributed by atoms with Crippen molar-refractivity contribution in [1.82, 2.24) is 20.2 Å². The number of hydrogen-bond donors (Lipinski definition) is 1. The Bertz CT molecular complexity index is 393. The summed E-state index contributed by atoms with van der Waals surface area (Å²) < 4.78 is 6.49. The average Bonchev–Trinajstić information content (AvgIpc) is 2.75. The molecule has 0 radical (unpaired) electrons. The molecule has 2 aromatic rings. The highest BCUT2D eigenvalue weighted by Gasteiger charge is 2.07. The van der Waals surface area contributed by atoms with Crippen molar-refractivity contribution >= 4 is 0 Å². The normalized spacial score (nSPS) is 13.0. The van der Waals surface area contributed by atoms with Gasteiger partial charge in [0.2, 0.25) is 0 Å². The molecule has 14 heavy (non-hydrogen) atoms. The third-order valence-electron chi connectivity index (χ3n) is 1.79. The van der Waals surface area contributed by atoms with Gasteiger partial charge in [-0.05, 0) is 6.92 Å². The standard InChI is InChI=1S/C8H10N4O2/c1-6(13)8-5-12(11-10-8)4-7-2-3-9-14-7/h2-3,5-6,13H,4H2,1H3. The first-order chi connectivity index (χ1) is 6.75. The van der Waals surface area contributed by atoms with E-state index in [1.807, 2.05) is 0 Å². The summed E-state index contributed by atoms with van der Waals surface area (Å²) >= 11 is 0. The first kappa shape index (κ1) is 8.89. The zero-order valence-corrected chi connectivity index (χ0v) is 7.66. The van der Waals surface area contributed by atoms with Gasteiger partial charge in [-0.2, -0.15) is 0 Å². The van der Waals surface area contributed by atoms with Crippen LogP contribution >= 0.6 is 0 Å². The number of aliphatic hydroxyl groups is 1. The van der Waals surface area contributed by atoms with Crippen LogP contribution in [0.15, 0.2) is 23.0 Å². The predicted molar refractivity (Wildman–Crippen MR) is 46.3 cm³/mol. The minimum absolute atomic E-state index is 0.472. The van der Waals surface area contributed by atoms with Gasteiger partial charge < -0.3 is 9.63 Å². The minimum Gasteiger partial charge on any atom is -0.387 e. The number of rotatable bonds is 3. The predicted octanol–water partition coefficient (Wildman–Crippen LogP) is 0.368. The summed E-state index contributed by atoms with van der Waals surface area (Å²) in [5.41, 5.74) is 0.546. The van der Waals surface area contributed by atoms with Gasteiger partial charge in [0.15, 0.2) is 5.76 Å². The highest BCUT2D eigenvalue weighted by atomic mass is 16.5. The number of nitrogens with zero attached hydrogens (tertiary/aromatic N) is 4. The highest BCUT2D eigenvalue weighted by molar-refractivity contribution is 4.98. The van der Waals surface area contributed by atoms with Gasteiger partial charge in [0.1, 0.15) is 12.2 Å². The molecule has 1 N–H and O–H groups in total. The first-order valence-electron chi connectivity index (χ1n) is 4.23. The fraction of sp³-hybridized carbons (Fsp3) is 0.375. The third kappa shape index (κ3) is 1.80. The molecule has 0 spiro atoms. The van der Waals surface area contributed by atoms with Gasteiger partial charge in [-0.25, -0.2) is 4.68 Å². The van der Waals surface area contributed by atoms with Crippen LogP contribution < -0.4 is 0 Å². The van der Waals surface area contributed by atoms with Crippen LogP contribution in [0.25, 0.3) is 0 Å². The second kappa shape index (κ2) is 3.59. The Balaban J connectivity index is 2.11. The summed E-state index contributed by atoms with van der Waals surface area (Å²) in [6.07, 6.45) is 2.65. The molecule has 1 unspecified atom stereocenters. The zero-order chi connectivity index (χ0) is 9.97. The topological polar surface area (TPSA) is 77.0 Å². The maximum atomic E-state index is 9.21. The molecule has 0 saturated carbocycles. The summed E-state index contributed by atoms with van der Waals surface area (Å²) in [4.78, 5) is 0. The number of aliphatic hydroxyl groups excluding tert-OH is 1. The number of hydrogen-bond acceptors (Lipinski definition) is 5. The Labute approximate surface area is 80.1 Å². The molecular weight excluding hydrogens is 184 g/mol. The highest BCUT2D eigenvalue weighted by Crippen LogP contribution is 2.07. The summed E-state index contributed by atoms with van der Waals surface area (Å²) in [7, 11) is 0. The molecule has 1 atom stereocenters. The summed E-state index contributed by atoms with van der Waals surface area (Å²) in [5, 5.41) is 20.4. The van der Waals surface area contributed by atoms with Gasteiger partial charge in [0.05, 0.1) is 18.5 Å². The Morgan fingerprint density at radius 1 is 1.64 bits per heavy atom. The van der Waals surface area contributed by atoms with Crippen molar-refractivity contribution in [3.8, 4) is 0 Å². The Morgan fingerprint density at radius 2 is 2.50 bits per heavy atom.